The van der Waals surface area contributed by atoms with E-state index < -0.39 is 0 Å². The van der Waals surface area contributed by atoms with Gasteiger partial charge < -0.3 is 4.90 Å². The molecule has 0 aromatic carbocycles. The predicted octanol–water partition coefficient (Wildman–Crippen LogP) is 1.03. The van der Waals surface area contributed by atoms with Crippen molar-refractivity contribution >= 4 is 5.91 Å². The van der Waals surface area contributed by atoms with Crippen molar-refractivity contribution in [2.75, 3.05) is 6.54 Å². The maximum absolute atomic E-state index is 12.2. The van der Waals surface area contributed by atoms with Gasteiger partial charge in [-0.05, 0) is 31.7 Å². The van der Waals surface area contributed by atoms with E-state index in [1.807, 2.05) is 4.90 Å². The van der Waals surface area contributed by atoms with Crippen molar-refractivity contribution in [3.63, 3.8) is 0 Å². The van der Waals surface area contributed by atoms with Crippen molar-refractivity contribution in [3.8, 4) is 0 Å². The molecular weight excluding hydrogens is 230 g/mol. The van der Waals surface area contributed by atoms with Gasteiger partial charge in [-0.2, -0.15) is 5.10 Å². The Bertz CT molecular complexity index is 469. The minimum atomic E-state index is -0.226. The molecule has 0 N–H and O–H groups in total. The van der Waals surface area contributed by atoms with E-state index in [0.29, 0.717) is 6.04 Å². The molecule has 1 aromatic heterocycles. The standard InChI is InChI=1S/C13H19N3O2/c1-2-11-6-3-4-9-15(11)13(18)10-16-12(17)7-5-8-14-16/h5,7-8,11H,2-4,6,9-10H2,1H3/t11-/m0/s1. The zero-order chi connectivity index (χ0) is 13.0. The average Bonchev–Trinajstić information content (AvgIpc) is 2.41. The molecule has 1 amide bonds. The second-order valence-electron chi connectivity index (χ2n) is 4.66. The van der Waals surface area contributed by atoms with E-state index in [1.54, 1.807) is 6.07 Å². The van der Waals surface area contributed by atoms with Crippen molar-refractivity contribution in [1.82, 2.24) is 14.7 Å². The van der Waals surface area contributed by atoms with Gasteiger partial charge in [0.15, 0.2) is 0 Å². The molecule has 1 atom stereocenters. The summed E-state index contributed by atoms with van der Waals surface area (Å²) in [6.07, 6.45) is 5.82. The van der Waals surface area contributed by atoms with Crippen LogP contribution in [0.2, 0.25) is 0 Å². The zero-order valence-electron chi connectivity index (χ0n) is 10.7. The summed E-state index contributed by atoms with van der Waals surface area (Å²) in [6.45, 7) is 2.96. The minimum absolute atomic E-state index is 0.00218. The quantitative estimate of drug-likeness (QED) is 0.804. The number of hydrogen-bond acceptors (Lipinski definition) is 3. The molecule has 1 fully saturated rings. The highest BCUT2D eigenvalue weighted by Crippen LogP contribution is 2.19. The van der Waals surface area contributed by atoms with Crippen LogP contribution in [0.5, 0.6) is 0 Å². The Labute approximate surface area is 106 Å². The topological polar surface area (TPSA) is 55.2 Å². The van der Waals surface area contributed by atoms with Crippen LogP contribution < -0.4 is 5.56 Å². The third kappa shape index (κ3) is 2.78. The largest absolute Gasteiger partial charge is 0.338 e. The molecule has 18 heavy (non-hydrogen) atoms. The lowest BCUT2D eigenvalue weighted by atomic mass is 10.00. The molecule has 2 rings (SSSR count). The van der Waals surface area contributed by atoms with Gasteiger partial charge in [0.2, 0.25) is 5.91 Å². The van der Waals surface area contributed by atoms with Crippen LogP contribution in [0.1, 0.15) is 32.6 Å². The van der Waals surface area contributed by atoms with Gasteiger partial charge in [0.25, 0.3) is 5.56 Å². The monoisotopic (exact) mass is 249 g/mol. The Kier molecular flexibility index (Phi) is 4.12. The normalized spacial score (nSPS) is 19.8. The maximum atomic E-state index is 12.2. The average molecular weight is 249 g/mol. The lowest BCUT2D eigenvalue weighted by Crippen LogP contribution is -2.46. The van der Waals surface area contributed by atoms with Gasteiger partial charge in [-0.15, -0.1) is 0 Å². The summed E-state index contributed by atoms with van der Waals surface area (Å²) >= 11 is 0. The van der Waals surface area contributed by atoms with Gasteiger partial charge in [0.05, 0.1) is 0 Å². The van der Waals surface area contributed by atoms with Crippen LogP contribution in [0.15, 0.2) is 23.1 Å². The molecule has 1 aromatic rings. The number of carbonyl (C=O) groups is 1. The number of amides is 1. The molecule has 1 aliphatic rings. The fourth-order valence-corrected chi connectivity index (χ4v) is 2.48. The van der Waals surface area contributed by atoms with Gasteiger partial charge in [0, 0.05) is 24.8 Å². The summed E-state index contributed by atoms with van der Waals surface area (Å²) in [7, 11) is 0. The lowest BCUT2D eigenvalue weighted by molar-refractivity contribution is -0.135. The summed E-state index contributed by atoms with van der Waals surface area (Å²) in [5, 5.41) is 3.92. The summed E-state index contributed by atoms with van der Waals surface area (Å²) in [5.74, 6) is 0.00218. The second-order valence-corrected chi connectivity index (χ2v) is 4.66. The van der Waals surface area contributed by atoms with Crippen LogP contribution in [-0.2, 0) is 11.3 Å². The maximum Gasteiger partial charge on any atom is 0.267 e. The van der Waals surface area contributed by atoms with E-state index in [9.17, 15) is 9.59 Å². The highest BCUT2D eigenvalue weighted by molar-refractivity contribution is 5.76. The van der Waals surface area contributed by atoms with E-state index in [-0.39, 0.29) is 18.0 Å². The van der Waals surface area contributed by atoms with E-state index in [0.717, 1.165) is 25.8 Å². The van der Waals surface area contributed by atoms with Crippen LogP contribution in [0.4, 0.5) is 0 Å². The van der Waals surface area contributed by atoms with E-state index in [4.69, 9.17) is 0 Å². The SMILES string of the molecule is CC[C@H]1CCCCN1C(=O)Cn1ncccc1=O. The number of carbonyl (C=O) groups excluding carboxylic acids is 1. The number of rotatable bonds is 3. The van der Waals surface area contributed by atoms with Crippen molar-refractivity contribution in [3.05, 3.63) is 28.7 Å². The molecule has 0 spiro atoms. The first-order chi connectivity index (χ1) is 8.72. The van der Waals surface area contributed by atoms with Crippen LogP contribution in [-0.4, -0.2) is 33.2 Å². The summed E-state index contributed by atoms with van der Waals surface area (Å²) in [4.78, 5) is 25.6. The van der Waals surface area contributed by atoms with Crippen LogP contribution in [0.3, 0.4) is 0 Å². The van der Waals surface area contributed by atoms with E-state index in [2.05, 4.69) is 12.0 Å². The lowest BCUT2D eigenvalue weighted by Gasteiger charge is -2.35. The predicted molar refractivity (Wildman–Crippen MR) is 68.1 cm³/mol. The summed E-state index contributed by atoms with van der Waals surface area (Å²) in [5.41, 5.74) is -0.226. The molecule has 1 saturated heterocycles. The van der Waals surface area contributed by atoms with Gasteiger partial charge in [0.1, 0.15) is 6.54 Å². The third-order valence-corrected chi connectivity index (χ3v) is 3.49. The molecule has 0 unspecified atom stereocenters. The fraction of sp³-hybridized carbons (Fsp3) is 0.615. The van der Waals surface area contributed by atoms with Gasteiger partial charge >= 0.3 is 0 Å². The first-order valence-electron chi connectivity index (χ1n) is 6.54. The molecular formula is C13H19N3O2. The second kappa shape index (κ2) is 5.80. The smallest absolute Gasteiger partial charge is 0.267 e. The van der Waals surface area contributed by atoms with E-state index in [1.165, 1.54) is 23.4 Å². The molecule has 1 aliphatic heterocycles. The van der Waals surface area contributed by atoms with E-state index >= 15 is 0 Å². The number of hydrogen-bond donors (Lipinski definition) is 0. The van der Waals surface area contributed by atoms with Gasteiger partial charge in [-0.3, -0.25) is 9.59 Å². The van der Waals surface area contributed by atoms with Crippen molar-refractivity contribution < 1.29 is 4.79 Å². The van der Waals surface area contributed by atoms with Crippen LogP contribution in [0.25, 0.3) is 0 Å². The highest BCUT2D eigenvalue weighted by atomic mass is 16.2. The number of piperidine rings is 1. The molecule has 2 heterocycles. The Morgan fingerprint density at radius 3 is 3.06 bits per heavy atom. The van der Waals surface area contributed by atoms with Gasteiger partial charge in [-0.25, -0.2) is 4.68 Å². The number of aromatic nitrogens is 2. The van der Waals surface area contributed by atoms with Crippen LogP contribution in [0, 0.1) is 0 Å². The minimum Gasteiger partial charge on any atom is -0.338 e. The molecule has 0 saturated carbocycles. The molecule has 98 valence electrons. The highest BCUT2D eigenvalue weighted by Gasteiger charge is 2.25. The van der Waals surface area contributed by atoms with Crippen molar-refractivity contribution in [2.24, 2.45) is 0 Å². The van der Waals surface area contributed by atoms with Crippen LogP contribution >= 0.6 is 0 Å². The molecule has 0 bridgehead atoms. The van der Waals surface area contributed by atoms with Gasteiger partial charge in [-0.1, -0.05) is 6.92 Å². The Morgan fingerprint density at radius 1 is 1.50 bits per heavy atom. The summed E-state index contributed by atoms with van der Waals surface area (Å²) < 4.78 is 1.23. The summed E-state index contributed by atoms with van der Waals surface area (Å²) in [6, 6.07) is 3.33. The number of nitrogens with zero attached hydrogens (tertiary/aromatic N) is 3. The van der Waals surface area contributed by atoms with Crippen molar-refractivity contribution in [1.29, 1.82) is 0 Å². The molecule has 5 nitrogen and oxygen atoms in total. The molecule has 5 heteroatoms. The first kappa shape index (κ1) is 12.8. The zero-order valence-corrected chi connectivity index (χ0v) is 10.7. The van der Waals surface area contributed by atoms with Crippen molar-refractivity contribution in [2.45, 2.75) is 45.2 Å². The Morgan fingerprint density at radius 2 is 2.33 bits per heavy atom. The Balaban J connectivity index is 2.07. The third-order valence-electron chi connectivity index (χ3n) is 3.49. The fourth-order valence-electron chi connectivity index (χ4n) is 2.48. The molecule has 0 radical (unpaired) electrons. The Hall–Kier alpha value is -1.65. The molecule has 0 aliphatic carbocycles. The first-order valence-corrected chi connectivity index (χ1v) is 6.54. The number of likely N-dealkylation sites (tertiary alicyclic amines) is 1.